The minimum Gasteiger partial charge on any atom is -0.493 e. The molecule has 2 N–H and O–H groups in total. The number of esters is 1. The number of carbonyl (C=O) groups excluding carboxylic acids is 3. The molecule has 0 spiro atoms. The topological polar surface area (TPSA) is 115 Å². The highest BCUT2D eigenvalue weighted by atomic mass is 79.9. The zero-order valence-electron chi connectivity index (χ0n) is 19.1. The Morgan fingerprint density at radius 1 is 1.18 bits per heavy atom. The summed E-state index contributed by atoms with van der Waals surface area (Å²) in [4.78, 5) is 36.6. The molecule has 34 heavy (non-hydrogen) atoms. The van der Waals surface area contributed by atoms with E-state index in [0.29, 0.717) is 26.6 Å². The van der Waals surface area contributed by atoms with Gasteiger partial charge in [0, 0.05) is 0 Å². The molecule has 0 aliphatic heterocycles. The molecule has 182 valence electrons. The molecule has 0 aliphatic rings. The number of carbonyl (C=O) groups is 3. The van der Waals surface area contributed by atoms with Gasteiger partial charge in [0.1, 0.15) is 6.04 Å². The van der Waals surface area contributed by atoms with Crippen molar-refractivity contribution in [2.45, 2.75) is 19.9 Å². The van der Waals surface area contributed by atoms with E-state index in [1.807, 2.05) is 0 Å². The maximum absolute atomic E-state index is 12.7. The molecule has 2 aromatic carbocycles. The fourth-order valence-corrected chi connectivity index (χ4v) is 3.58. The minimum atomic E-state index is -0.837. The fourth-order valence-electron chi connectivity index (χ4n) is 2.78. The smallest absolute Gasteiger partial charge is 0.343 e. The van der Waals surface area contributed by atoms with Gasteiger partial charge in [-0.2, -0.15) is 5.10 Å². The van der Waals surface area contributed by atoms with Gasteiger partial charge in [-0.15, -0.1) is 0 Å². The quantitative estimate of drug-likeness (QED) is 0.264. The van der Waals surface area contributed by atoms with Gasteiger partial charge >= 0.3 is 5.97 Å². The molecule has 0 bridgehead atoms. The van der Waals surface area contributed by atoms with E-state index in [-0.39, 0.29) is 18.1 Å². The highest BCUT2D eigenvalue weighted by Crippen LogP contribution is 2.36. The molecular formula is C23H25BrClN3O6. The monoisotopic (exact) mass is 553 g/mol. The molecule has 9 nitrogen and oxygen atoms in total. The van der Waals surface area contributed by atoms with Crippen LogP contribution < -0.4 is 20.2 Å². The minimum absolute atomic E-state index is 0.206. The average Bonchev–Trinajstić information content (AvgIpc) is 2.81. The maximum atomic E-state index is 12.7. The van der Waals surface area contributed by atoms with Crippen LogP contribution in [0.2, 0.25) is 5.02 Å². The van der Waals surface area contributed by atoms with Crippen LogP contribution >= 0.6 is 27.5 Å². The van der Waals surface area contributed by atoms with Crippen molar-refractivity contribution in [3.63, 3.8) is 0 Å². The molecule has 2 rings (SSSR count). The molecule has 0 aliphatic carbocycles. The third-order valence-corrected chi connectivity index (χ3v) is 5.48. The maximum Gasteiger partial charge on any atom is 0.343 e. The highest BCUT2D eigenvalue weighted by Gasteiger charge is 2.25. The van der Waals surface area contributed by atoms with Crippen LogP contribution in [-0.2, 0) is 14.3 Å². The Kier molecular flexibility index (Phi) is 10.3. The molecule has 1 unspecified atom stereocenters. The number of rotatable bonds is 10. The van der Waals surface area contributed by atoms with Gasteiger partial charge in [-0.1, -0.05) is 37.6 Å². The van der Waals surface area contributed by atoms with Crippen LogP contribution in [0.5, 0.6) is 11.5 Å². The summed E-state index contributed by atoms with van der Waals surface area (Å²) in [6, 6.07) is 9.03. The lowest BCUT2D eigenvalue weighted by Gasteiger charge is -2.20. The first-order valence-corrected chi connectivity index (χ1v) is 11.3. The first kappa shape index (κ1) is 27.1. The van der Waals surface area contributed by atoms with Crippen LogP contribution in [0.25, 0.3) is 0 Å². The van der Waals surface area contributed by atoms with Crippen molar-refractivity contribution in [2.24, 2.45) is 11.0 Å². The van der Waals surface area contributed by atoms with Crippen LogP contribution in [0.4, 0.5) is 0 Å². The van der Waals surface area contributed by atoms with Crippen molar-refractivity contribution in [1.29, 1.82) is 0 Å². The summed E-state index contributed by atoms with van der Waals surface area (Å²) in [7, 11) is 2.71. The molecular weight excluding hydrogens is 530 g/mol. The second-order valence-electron chi connectivity index (χ2n) is 7.31. The molecule has 0 heterocycles. The van der Waals surface area contributed by atoms with Crippen molar-refractivity contribution in [3.8, 4) is 11.5 Å². The summed E-state index contributed by atoms with van der Waals surface area (Å²) in [6.45, 7) is 3.32. The number of ether oxygens (including phenoxy) is 3. The lowest BCUT2D eigenvalue weighted by molar-refractivity contribution is -0.143. The number of hydrogen-bond acceptors (Lipinski definition) is 7. The standard InChI is InChI=1S/C23H25BrClN3O6/c1-13(2)20(27-22(30)15-7-5-6-8-17(15)25)23(31)28-26-11-14-9-16(24)21(18(10-14)32-3)34-12-19(29)33-4/h5-11,13,20H,12H2,1-4H3,(H,27,30)(H,28,31). The Morgan fingerprint density at radius 3 is 2.50 bits per heavy atom. The van der Waals surface area contributed by atoms with Gasteiger partial charge in [0.25, 0.3) is 11.8 Å². The van der Waals surface area contributed by atoms with Gasteiger partial charge in [0.15, 0.2) is 18.1 Å². The van der Waals surface area contributed by atoms with Crippen LogP contribution in [-0.4, -0.2) is 50.9 Å². The van der Waals surface area contributed by atoms with E-state index in [1.54, 1.807) is 50.2 Å². The number of amides is 2. The van der Waals surface area contributed by atoms with Crippen molar-refractivity contribution in [1.82, 2.24) is 10.7 Å². The third-order valence-electron chi connectivity index (χ3n) is 4.56. The van der Waals surface area contributed by atoms with Crippen molar-refractivity contribution < 1.29 is 28.6 Å². The number of nitrogens with zero attached hydrogens (tertiary/aromatic N) is 1. The third kappa shape index (κ3) is 7.46. The lowest BCUT2D eigenvalue weighted by Crippen LogP contribution is -2.48. The summed E-state index contributed by atoms with van der Waals surface area (Å²) < 4.78 is 15.8. The largest absolute Gasteiger partial charge is 0.493 e. The second-order valence-corrected chi connectivity index (χ2v) is 8.57. The SMILES string of the molecule is COC(=O)COc1c(Br)cc(C=NNC(=O)C(NC(=O)c2ccccc2Cl)C(C)C)cc1OC. The Labute approximate surface area is 210 Å². The first-order valence-electron chi connectivity index (χ1n) is 10.1. The number of hydrogen-bond donors (Lipinski definition) is 2. The summed E-state index contributed by atoms with van der Waals surface area (Å²) in [6.07, 6.45) is 1.41. The van der Waals surface area contributed by atoms with Gasteiger partial charge in [-0.3, -0.25) is 9.59 Å². The van der Waals surface area contributed by atoms with Gasteiger partial charge in [-0.05, 0) is 51.7 Å². The first-order chi connectivity index (χ1) is 16.2. The Bertz CT molecular complexity index is 1080. The predicted molar refractivity (Wildman–Crippen MR) is 131 cm³/mol. The number of methoxy groups -OCH3 is 2. The summed E-state index contributed by atoms with van der Waals surface area (Å²) in [5, 5.41) is 6.97. The average molecular weight is 555 g/mol. The van der Waals surface area contributed by atoms with Crippen molar-refractivity contribution in [3.05, 3.63) is 57.0 Å². The molecule has 0 aromatic heterocycles. The number of nitrogens with one attached hydrogen (secondary N) is 2. The zero-order chi connectivity index (χ0) is 25.3. The Morgan fingerprint density at radius 2 is 1.88 bits per heavy atom. The van der Waals surface area contributed by atoms with Crippen LogP contribution in [0.15, 0.2) is 46.0 Å². The van der Waals surface area contributed by atoms with E-state index < -0.39 is 23.8 Å². The zero-order valence-corrected chi connectivity index (χ0v) is 21.4. The van der Waals surface area contributed by atoms with E-state index in [9.17, 15) is 14.4 Å². The Hall–Kier alpha value is -3.11. The lowest BCUT2D eigenvalue weighted by atomic mass is 10.0. The number of benzene rings is 2. The molecule has 11 heteroatoms. The summed E-state index contributed by atoms with van der Waals surface area (Å²) in [5.41, 5.74) is 3.29. The van der Waals surface area contributed by atoms with E-state index in [1.165, 1.54) is 20.4 Å². The molecule has 1 atom stereocenters. The van der Waals surface area contributed by atoms with E-state index in [4.69, 9.17) is 21.1 Å². The van der Waals surface area contributed by atoms with Gasteiger partial charge in [-0.25, -0.2) is 10.2 Å². The summed E-state index contributed by atoms with van der Waals surface area (Å²) in [5.74, 6) is -1.03. The predicted octanol–water partition coefficient (Wildman–Crippen LogP) is 3.57. The number of hydrazone groups is 1. The normalized spacial score (nSPS) is 11.7. The second kappa shape index (κ2) is 13.0. The highest BCUT2D eigenvalue weighted by molar-refractivity contribution is 9.10. The molecule has 0 saturated carbocycles. The molecule has 2 aromatic rings. The van der Waals surface area contributed by atoms with Gasteiger partial charge in [0.2, 0.25) is 0 Å². The van der Waals surface area contributed by atoms with E-state index >= 15 is 0 Å². The van der Waals surface area contributed by atoms with Gasteiger partial charge in [0.05, 0.1) is 35.5 Å². The fraction of sp³-hybridized carbons (Fsp3) is 0.304. The van der Waals surface area contributed by atoms with E-state index in [2.05, 4.69) is 36.5 Å². The summed E-state index contributed by atoms with van der Waals surface area (Å²) >= 11 is 9.44. The molecule has 0 saturated heterocycles. The molecule has 2 amide bonds. The van der Waals surface area contributed by atoms with Crippen LogP contribution in [0.3, 0.4) is 0 Å². The number of halogens is 2. The molecule has 0 radical (unpaired) electrons. The van der Waals surface area contributed by atoms with Gasteiger partial charge < -0.3 is 19.5 Å². The van der Waals surface area contributed by atoms with Crippen LogP contribution in [0.1, 0.15) is 29.8 Å². The van der Waals surface area contributed by atoms with Crippen LogP contribution in [0, 0.1) is 5.92 Å². The van der Waals surface area contributed by atoms with Crippen molar-refractivity contribution >= 4 is 51.5 Å². The van der Waals surface area contributed by atoms with E-state index in [0.717, 1.165) is 0 Å². The Balaban J connectivity index is 2.09. The van der Waals surface area contributed by atoms with Crippen molar-refractivity contribution in [2.75, 3.05) is 20.8 Å². The molecule has 0 fully saturated rings.